The van der Waals surface area contributed by atoms with E-state index in [2.05, 4.69) is 15.9 Å². The lowest BCUT2D eigenvalue weighted by molar-refractivity contribution is 0.295. The molecule has 9 heavy (non-hydrogen) atoms. The molecule has 0 heterocycles. The Morgan fingerprint density at radius 2 is 2.00 bits per heavy atom. The SMILES string of the molecule is O=P(O)(O)CC(Br)CO. The Kier molecular flexibility index (Phi) is 3.93. The van der Waals surface area contributed by atoms with Crippen molar-refractivity contribution in [3.63, 3.8) is 0 Å². The van der Waals surface area contributed by atoms with E-state index in [1.54, 1.807) is 0 Å². The molecule has 3 N–H and O–H groups in total. The van der Waals surface area contributed by atoms with Crippen LogP contribution in [0.1, 0.15) is 0 Å². The van der Waals surface area contributed by atoms with Gasteiger partial charge in [0.1, 0.15) is 0 Å². The molecule has 56 valence electrons. The summed E-state index contributed by atoms with van der Waals surface area (Å²) in [5, 5.41) is 8.31. The van der Waals surface area contributed by atoms with Crippen LogP contribution in [0.4, 0.5) is 0 Å². The molecular weight excluding hydrogens is 211 g/mol. The van der Waals surface area contributed by atoms with Gasteiger partial charge in [-0.05, 0) is 0 Å². The van der Waals surface area contributed by atoms with Crippen molar-refractivity contribution >= 4 is 23.5 Å². The maximum atomic E-state index is 10.2. The predicted molar refractivity (Wildman–Crippen MR) is 36.7 cm³/mol. The lowest BCUT2D eigenvalue weighted by Crippen LogP contribution is -2.09. The van der Waals surface area contributed by atoms with Gasteiger partial charge >= 0.3 is 7.60 Å². The Morgan fingerprint density at radius 3 is 2.11 bits per heavy atom. The summed E-state index contributed by atoms with van der Waals surface area (Å²) in [4.78, 5) is 16.1. The van der Waals surface area contributed by atoms with Gasteiger partial charge in [0.05, 0.1) is 12.8 Å². The largest absolute Gasteiger partial charge is 0.395 e. The lowest BCUT2D eigenvalue weighted by atomic mass is 10.5. The topological polar surface area (TPSA) is 77.8 Å². The number of alkyl halides is 1. The monoisotopic (exact) mass is 218 g/mol. The summed E-state index contributed by atoms with van der Waals surface area (Å²) in [5.74, 6) is 0. The second kappa shape index (κ2) is 3.68. The molecule has 4 nitrogen and oxygen atoms in total. The number of halogens is 1. The van der Waals surface area contributed by atoms with E-state index in [4.69, 9.17) is 14.9 Å². The maximum Gasteiger partial charge on any atom is 0.326 e. The highest BCUT2D eigenvalue weighted by Gasteiger charge is 2.17. The summed E-state index contributed by atoms with van der Waals surface area (Å²) in [7, 11) is -3.95. The number of hydrogen-bond donors (Lipinski definition) is 3. The van der Waals surface area contributed by atoms with Gasteiger partial charge in [-0.1, -0.05) is 15.9 Å². The number of hydrogen-bond acceptors (Lipinski definition) is 2. The van der Waals surface area contributed by atoms with E-state index >= 15 is 0 Å². The molecule has 0 amide bonds. The van der Waals surface area contributed by atoms with Crippen LogP contribution in [0.3, 0.4) is 0 Å². The van der Waals surface area contributed by atoms with E-state index in [9.17, 15) is 4.57 Å². The van der Waals surface area contributed by atoms with Gasteiger partial charge in [0.25, 0.3) is 0 Å². The van der Waals surface area contributed by atoms with Crippen LogP contribution in [0, 0.1) is 0 Å². The molecule has 6 heteroatoms. The van der Waals surface area contributed by atoms with Gasteiger partial charge in [-0.2, -0.15) is 0 Å². The predicted octanol–water partition coefficient (Wildman–Crippen LogP) is -0.0801. The van der Waals surface area contributed by atoms with E-state index in [1.807, 2.05) is 0 Å². The summed E-state index contributed by atoms with van der Waals surface area (Å²) in [6.45, 7) is -0.259. The quantitative estimate of drug-likeness (QED) is 0.458. The number of aliphatic hydroxyl groups is 1. The third-order valence-corrected chi connectivity index (χ3v) is 2.66. The molecule has 0 spiro atoms. The third kappa shape index (κ3) is 6.48. The molecule has 0 aromatic rings. The van der Waals surface area contributed by atoms with Gasteiger partial charge in [0, 0.05) is 4.83 Å². The first-order valence-corrected chi connectivity index (χ1v) is 4.96. The molecule has 1 atom stereocenters. The highest BCUT2D eigenvalue weighted by atomic mass is 79.9. The normalized spacial score (nSPS) is 15.6. The van der Waals surface area contributed by atoms with Crippen molar-refractivity contribution in [3.8, 4) is 0 Å². The Hall–Kier alpha value is 0.590. The second-order valence-electron chi connectivity index (χ2n) is 1.63. The molecule has 0 aromatic carbocycles. The molecule has 0 aliphatic heterocycles. The van der Waals surface area contributed by atoms with Gasteiger partial charge in [0.15, 0.2) is 0 Å². The van der Waals surface area contributed by atoms with Crippen molar-refractivity contribution in [2.75, 3.05) is 12.8 Å². The Morgan fingerprint density at radius 1 is 1.56 bits per heavy atom. The van der Waals surface area contributed by atoms with E-state index in [-0.39, 0.29) is 12.8 Å². The first-order chi connectivity index (χ1) is 3.95. The first-order valence-electron chi connectivity index (χ1n) is 2.25. The van der Waals surface area contributed by atoms with Crippen LogP contribution in [0.25, 0.3) is 0 Å². The standard InChI is InChI=1S/C3H8BrO4P/c4-3(1-5)2-9(6,7)8/h3,5H,1-2H2,(H2,6,7,8). The fourth-order valence-corrected chi connectivity index (χ4v) is 2.08. The van der Waals surface area contributed by atoms with E-state index in [1.165, 1.54) is 0 Å². The van der Waals surface area contributed by atoms with Crippen LogP contribution in [0.5, 0.6) is 0 Å². The van der Waals surface area contributed by atoms with Gasteiger partial charge in [-0.25, -0.2) is 0 Å². The minimum atomic E-state index is -3.95. The van der Waals surface area contributed by atoms with Crippen molar-refractivity contribution in [2.45, 2.75) is 4.83 Å². The molecular formula is C3H8BrO4P. The molecule has 0 rings (SSSR count). The molecule has 0 aliphatic rings. The molecule has 0 saturated carbocycles. The average molecular weight is 219 g/mol. The summed E-state index contributed by atoms with van der Waals surface area (Å²) in [5.41, 5.74) is 0. The Labute approximate surface area is 61.2 Å². The Bertz CT molecular complexity index is 121. The van der Waals surface area contributed by atoms with Gasteiger partial charge in [0.2, 0.25) is 0 Å². The average Bonchev–Trinajstić information content (AvgIpc) is 1.62. The zero-order valence-corrected chi connectivity index (χ0v) is 7.05. The number of rotatable bonds is 3. The van der Waals surface area contributed by atoms with Crippen molar-refractivity contribution in [2.24, 2.45) is 0 Å². The minimum Gasteiger partial charge on any atom is -0.395 e. The van der Waals surface area contributed by atoms with Crippen molar-refractivity contribution in [1.82, 2.24) is 0 Å². The van der Waals surface area contributed by atoms with Crippen LogP contribution < -0.4 is 0 Å². The summed E-state index contributed by atoms with van der Waals surface area (Å²) in [6, 6.07) is 0. The fourth-order valence-electron chi connectivity index (χ4n) is 0.316. The van der Waals surface area contributed by atoms with Crippen LogP contribution in [0.15, 0.2) is 0 Å². The molecule has 0 bridgehead atoms. The van der Waals surface area contributed by atoms with E-state index in [0.717, 1.165) is 0 Å². The fraction of sp³-hybridized carbons (Fsp3) is 1.00. The molecule has 1 unspecified atom stereocenters. The van der Waals surface area contributed by atoms with Crippen LogP contribution >= 0.6 is 23.5 Å². The highest BCUT2D eigenvalue weighted by Crippen LogP contribution is 2.36. The Balaban J connectivity index is 3.60. The van der Waals surface area contributed by atoms with E-state index in [0.29, 0.717) is 0 Å². The summed E-state index contributed by atoms with van der Waals surface area (Å²) in [6.07, 6.45) is -0.316. The van der Waals surface area contributed by atoms with E-state index < -0.39 is 12.4 Å². The smallest absolute Gasteiger partial charge is 0.326 e. The molecule has 0 saturated heterocycles. The second-order valence-corrected chi connectivity index (χ2v) is 4.62. The van der Waals surface area contributed by atoms with Crippen LogP contribution in [-0.4, -0.2) is 32.5 Å². The first kappa shape index (κ1) is 9.59. The molecule has 0 aromatic heterocycles. The number of aliphatic hydroxyl groups excluding tert-OH is 1. The summed E-state index contributed by atoms with van der Waals surface area (Å²) >= 11 is 2.87. The highest BCUT2D eigenvalue weighted by molar-refractivity contribution is 9.09. The lowest BCUT2D eigenvalue weighted by Gasteiger charge is -2.06. The third-order valence-electron chi connectivity index (χ3n) is 0.634. The van der Waals surface area contributed by atoms with Crippen molar-refractivity contribution < 1.29 is 19.5 Å². The van der Waals surface area contributed by atoms with Crippen LogP contribution in [0.2, 0.25) is 0 Å². The molecule has 0 fully saturated rings. The zero-order chi connectivity index (χ0) is 7.49. The van der Waals surface area contributed by atoms with Gasteiger partial charge < -0.3 is 14.9 Å². The van der Waals surface area contributed by atoms with Crippen molar-refractivity contribution in [1.29, 1.82) is 0 Å². The maximum absolute atomic E-state index is 10.2. The molecule has 0 aliphatic carbocycles. The van der Waals surface area contributed by atoms with Gasteiger partial charge in [-0.3, -0.25) is 4.57 Å². The van der Waals surface area contributed by atoms with Gasteiger partial charge in [-0.15, -0.1) is 0 Å². The zero-order valence-electron chi connectivity index (χ0n) is 4.57. The van der Waals surface area contributed by atoms with Crippen molar-refractivity contribution in [3.05, 3.63) is 0 Å². The minimum absolute atomic E-state index is 0.259. The summed E-state index contributed by atoms with van der Waals surface area (Å²) < 4.78 is 10.2. The molecule has 0 radical (unpaired) electrons. The van der Waals surface area contributed by atoms with Crippen LogP contribution in [-0.2, 0) is 4.57 Å².